The maximum atomic E-state index is 14.2. The number of thiophene rings is 1. The lowest BCUT2D eigenvalue weighted by Gasteiger charge is -2.38. The van der Waals surface area contributed by atoms with Crippen LogP contribution in [0.1, 0.15) is 106 Å². The first-order valence-electron chi connectivity index (χ1n) is 14.9. The van der Waals surface area contributed by atoms with E-state index in [2.05, 4.69) is 26.1 Å². The van der Waals surface area contributed by atoms with E-state index in [-0.39, 0.29) is 30.3 Å². The quantitative estimate of drug-likeness (QED) is 0.387. The van der Waals surface area contributed by atoms with Crippen LogP contribution >= 0.6 is 11.3 Å². The summed E-state index contributed by atoms with van der Waals surface area (Å²) in [5.41, 5.74) is 1.25. The van der Waals surface area contributed by atoms with Crippen molar-refractivity contribution in [1.29, 1.82) is 0 Å². The van der Waals surface area contributed by atoms with Gasteiger partial charge in [0.05, 0.1) is 31.2 Å². The molecule has 0 radical (unpaired) electrons. The van der Waals surface area contributed by atoms with Gasteiger partial charge in [-0.25, -0.2) is 4.79 Å². The van der Waals surface area contributed by atoms with Crippen LogP contribution in [-0.2, 0) is 19.1 Å². The summed E-state index contributed by atoms with van der Waals surface area (Å²) >= 11 is 1.41. The van der Waals surface area contributed by atoms with Crippen molar-refractivity contribution < 1.29 is 41.2 Å². The molecule has 1 aliphatic heterocycles. The SMILES string of the molecule is CC1CCC(C(=O)N(c2cc(C3=CCCCC3)sc2C(=O)OCOC(=O)C(C)(C)C)C2CC[NH+](C)CC2)CC1.[Cl-]. The number of quaternary nitrogens is 1. The van der Waals surface area contributed by atoms with Crippen molar-refractivity contribution >= 4 is 40.4 Å². The highest BCUT2D eigenvalue weighted by Gasteiger charge is 2.38. The molecular weight excluding hydrogens is 548 g/mol. The van der Waals surface area contributed by atoms with Gasteiger partial charge in [-0.3, -0.25) is 9.59 Å². The van der Waals surface area contributed by atoms with Crippen LogP contribution in [0.5, 0.6) is 0 Å². The van der Waals surface area contributed by atoms with Crippen molar-refractivity contribution in [2.24, 2.45) is 17.3 Å². The zero-order valence-corrected chi connectivity index (χ0v) is 26.4. The number of nitrogens with zero attached hydrogens (tertiary/aromatic N) is 1. The molecule has 4 rings (SSSR count). The lowest BCUT2D eigenvalue weighted by Crippen LogP contribution is -3.10. The van der Waals surface area contributed by atoms with Crippen LogP contribution in [0.4, 0.5) is 5.69 Å². The second kappa shape index (κ2) is 14.3. The topological polar surface area (TPSA) is 77.3 Å². The van der Waals surface area contributed by atoms with Gasteiger partial charge in [0, 0.05) is 29.7 Å². The van der Waals surface area contributed by atoms with Gasteiger partial charge in [-0.1, -0.05) is 13.0 Å². The fraction of sp³-hybridized carbons (Fsp3) is 0.710. The molecule has 1 aromatic heterocycles. The van der Waals surface area contributed by atoms with E-state index in [1.165, 1.54) is 28.2 Å². The van der Waals surface area contributed by atoms with Crippen LogP contribution in [0.2, 0.25) is 0 Å². The van der Waals surface area contributed by atoms with Crippen molar-refractivity contribution in [3.63, 3.8) is 0 Å². The molecule has 224 valence electrons. The number of nitrogens with one attached hydrogen (secondary N) is 1. The lowest BCUT2D eigenvalue weighted by molar-refractivity contribution is -0.884. The molecule has 1 saturated heterocycles. The standard InChI is InChI=1S/C31H46N2O5S.ClH/c1-21-11-13-23(14-12-21)28(34)33(24-15-17-32(5)18-16-24)25-19-26(22-9-7-6-8-10-22)39-27(25)29(35)37-20-38-30(36)31(2,3)4;/h9,19,21,23-24H,6-8,10-18,20H2,1-5H3;1H. The summed E-state index contributed by atoms with van der Waals surface area (Å²) in [6.07, 6.45) is 12.3. The summed E-state index contributed by atoms with van der Waals surface area (Å²) < 4.78 is 10.7. The number of carbonyl (C=O) groups excluding carboxylic acids is 3. The lowest BCUT2D eigenvalue weighted by atomic mass is 9.82. The van der Waals surface area contributed by atoms with E-state index in [1.807, 2.05) is 4.90 Å². The summed E-state index contributed by atoms with van der Waals surface area (Å²) in [6.45, 7) is 9.12. The third-order valence-corrected chi connectivity index (χ3v) is 9.71. The largest absolute Gasteiger partial charge is 1.00 e. The van der Waals surface area contributed by atoms with Crippen molar-refractivity contribution in [3.8, 4) is 0 Å². The Balaban J connectivity index is 0.00000441. The molecule has 1 amide bonds. The number of hydrogen-bond acceptors (Lipinski definition) is 6. The molecular formula is C31H47ClN2O5S. The van der Waals surface area contributed by atoms with Crippen molar-refractivity contribution in [2.75, 3.05) is 31.8 Å². The number of amides is 1. The minimum atomic E-state index is -0.683. The fourth-order valence-electron chi connectivity index (χ4n) is 5.90. The van der Waals surface area contributed by atoms with Crippen molar-refractivity contribution in [1.82, 2.24) is 0 Å². The third-order valence-electron chi connectivity index (χ3n) is 8.53. The number of carbonyl (C=O) groups is 3. The van der Waals surface area contributed by atoms with Crippen LogP contribution < -0.4 is 22.2 Å². The Labute approximate surface area is 250 Å². The second-order valence-electron chi connectivity index (χ2n) is 12.9. The molecule has 2 heterocycles. The summed E-state index contributed by atoms with van der Waals surface area (Å²) in [7, 11) is 2.20. The van der Waals surface area contributed by atoms with Crippen LogP contribution in [0.3, 0.4) is 0 Å². The van der Waals surface area contributed by atoms with Gasteiger partial charge in [0.15, 0.2) is 0 Å². The number of anilines is 1. The zero-order valence-electron chi connectivity index (χ0n) is 24.9. The van der Waals surface area contributed by atoms with Gasteiger partial charge in [0.25, 0.3) is 0 Å². The number of ether oxygens (including phenoxy) is 2. The Morgan fingerprint density at radius 2 is 1.70 bits per heavy atom. The van der Waals surface area contributed by atoms with E-state index < -0.39 is 24.1 Å². The van der Waals surface area contributed by atoms with Crippen molar-refractivity contribution in [3.05, 3.63) is 21.9 Å². The number of esters is 2. The van der Waals surface area contributed by atoms with E-state index >= 15 is 0 Å². The van der Waals surface area contributed by atoms with Crippen LogP contribution in [0.25, 0.3) is 5.57 Å². The van der Waals surface area contributed by atoms with Crippen molar-refractivity contribution in [2.45, 2.75) is 97.9 Å². The molecule has 1 saturated carbocycles. The van der Waals surface area contributed by atoms with Crippen LogP contribution in [0.15, 0.2) is 12.1 Å². The monoisotopic (exact) mass is 594 g/mol. The highest BCUT2D eigenvalue weighted by atomic mass is 35.5. The van der Waals surface area contributed by atoms with Gasteiger partial charge in [-0.2, -0.15) is 0 Å². The maximum Gasteiger partial charge on any atom is 0.353 e. The molecule has 9 heteroatoms. The highest BCUT2D eigenvalue weighted by molar-refractivity contribution is 7.15. The normalized spacial score (nSPS) is 25.3. The van der Waals surface area contributed by atoms with Crippen LogP contribution in [-0.4, -0.2) is 50.8 Å². The molecule has 2 aliphatic carbocycles. The Hall–Kier alpha value is -1.90. The fourth-order valence-corrected chi connectivity index (χ4v) is 7.01. The first kappa shape index (κ1) is 32.6. The zero-order chi connectivity index (χ0) is 28.2. The average Bonchev–Trinajstić information content (AvgIpc) is 3.35. The van der Waals surface area contributed by atoms with Gasteiger partial charge in [-0.05, 0) is 89.7 Å². The maximum absolute atomic E-state index is 14.2. The van der Waals surface area contributed by atoms with E-state index in [0.717, 1.165) is 75.8 Å². The summed E-state index contributed by atoms with van der Waals surface area (Å²) in [4.78, 5) is 44.9. The van der Waals surface area contributed by atoms with Gasteiger partial charge in [-0.15, -0.1) is 11.3 Å². The average molecular weight is 595 g/mol. The van der Waals surface area contributed by atoms with E-state index in [1.54, 1.807) is 20.8 Å². The number of allylic oxidation sites excluding steroid dienone is 2. The molecule has 0 bridgehead atoms. The summed E-state index contributed by atoms with van der Waals surface area (Å²) in [5.74, 6) is -0.162. The van der Waals surface area contributed by atoms with E-state index in [9.17, 15) is 14.4 Å². The Bertz CT molecular complexity index is 1060. The van der Waals surface area contributed by atoms with E-state index in [0.29, 0.717) is 16.5 Å². The molecule has 1 N–H and O–H groups in total. The van der Waals surface area contributed by atoms with Gasteiger partial charge < -0.3 is 31.7 Å². The first-order valence-corrected chi connectivity index (χ1v) is 15.7. The smallest absolute Gasteiger partial charge is 0.353 e. The Morgan fingerprint density at radius 3 is 2.30 bits per heavy atom. The number of halogens is 1. The Morgan fingerprint density at radius 1 is 1.02 bits per heavy atom. The number of likely N-dealkylation sites (tertiary alicyclic amines) is 1. The van der Waals surface area contributed by atoms with Gasteiger partial charge >= 0.3 is 11.9 Å². The molecule has 0 spiro atoms. The molecule has 7 nitrogen and oxygen atoms in total. The van der Waals surface area contributed by atoms with Crippen LogP contribution in [0, 0.1) is 17.3 Å². The summed E-state index contributed by atoms with van der Waals surface area (Å²) in [6, 6.07) is 2.13. The molecule has 0 aromatic carbocycles. The molecule has 2 fully saturated rings. The number of hydrogen-bond donors (Lipinski definition) is 1. The predicted molar refractivity (Wildman–Crippen MR) is 155 cm³/mol. The Kier molecular flexibility index (Phi) is 11.7. The molecule has 1 aromatic rings. The third kappa shape index (κ3) is 8.10. The van der Waals surface area contributed by atoms with Gasteiger partial charge in [0.2, 0.25) is 12.7 Å². The van der Waals surface area contributed by atoms with E-state index in [4.69, 9.17) is 9.47 Å². The molecule has 40 heavy (non-hydrogen) atoms. The number of piperidine rings is 1. The highest BCUT2D eigenvalue weighted by Crippen LogP contribution is 2.41. The molecule has 3 aliphatic rings. The molecule has 0 unspecified atom stereocenters. The minimum Gasteiger partial charge on any atom is -1.00 e. The number of rotatable bonds is 7. The molecule has 0 atom stereocenters. The van der Waals surface area contributed by atoms with Gasteiger partial charge in [0.1, 0.15) is 4.88 Å². The minimum absolute atomic E-state index is 0. The summed E-state index contributed by atoms with van der Waals surface area (Å²) in [5, 5.41) is 0. The predicted octanol–water partition coefficient (Wildman–Crippen LogP) is 2.25. The second-order valence-corrected chi connectivity index (χ2v) is 13.9. The first-order chi connectivity index (χ1) is 18.5.